The molecule has 0 aromatic carbocycles. The van der Waals surface area contributed by atoms with E-state index in [0.717, 1.165) is 6.42 Å². The number of carbonyl (C=O) groups excluding carboxylic acids is 1. The number of rotatable bonds is 8. The number of hydrogen-bond donors (Lipinski definition) is 1. The van der Waals surface area contributed by atoms with Crippen molar-refractivity contribution >= 4 is 16.8 Å². The van der Waals surface area contributed by atoms with E-state index in [1.807, 2.05) is 6.92 Å². The fourth-order valence-electron chi connectivity index (χ4n) is 1.06. The largest absolute Gasteiger partial charge is 0.463 e. The third kappa shape index (κ3) is 9.86. The van der Waals surface area contributed by atoms with E-state index in [0.29, 0.717) is 24.9 Å². The Hall–Kier alpha value is -0.680. The van der Waals surface area contributed by atoms with E-state index in [-0.39, 0.29) is 5.97 Å². The molecule has 0 rings (SSSR count). The predicted octanol–water partition coefficient (Wildman–Crippen LogP) is 0.852. The molecule has 0 saturated carbocycles. The van der Waals surface area contributed by atoms with Crippen molar-refractivity contribution in [3.05, 3.63) is 12.2 Å². The molecular weight excluding hydrogens is 226 g/mol. The summed E-state index contributed by atoms with van der Waals surface area (Å²) in [4.78, 5) is 10.9. The Morgan fingerprint density at radius 3 is 2.81 bits per heavy atom. The lowest BCUT2D eigenvalue weighted by Gasteiger charge is -2.10. The Labute approximate surface area is 99.9 Å². The standard InChI is InChI=1S/C11H21NO3S/c1-4-15-11(13)6-5-8-12-10(2)7-9-16(3)14/h5-6,10,12H,4,7-9H2,1-3H3/b6-5+. The molecule has 0 heterocycles. The molecule has 0 aliphatic rings. The van der Waals surface area contributed by atoms with Gasteiger partial charge in [-0.15, -0.1) is 0 Å². The van der Waals surface area contributed by atoms with Gasteiger partial charge in [0.15, 0.2) is 0 Å². The van der Waals surface area contributed by atoms with Crippen LogP contribution in [-0.2, 0) is 20.3 Å². The van der Waals surface area contributed by atoms with Gasteiger partial charge in [0.2, 0.25) is 0 Å². The lowest BCUT2D eigenvalue weighted by molar-refractivity contribution is -0.137. The van der Waals surface area contributed by atoms with Crippen LogP contribution in [0.3, 0.4) is 0 Å². The van der Waals surface area contributed by atoms with Gasteiger partial charge >= 0.3 is 5.97 Å². The monoisotopic (exact) mass is 247 g/mol. The molecule has 0 aliphatic heterocycles. The highest BCUT2D eigenvalue weighted by Crippen LogP contribution is 1.92. The van der Waals surface area contributed by atoms with Crippen LogP contribution in [0.4, 0.5) is 0 Å². The van der Waals surface area contributed by atoms with Crippen molar-refractivity contribution in [2.45, 2.75) is 26.3 Å². The lowest BCUT2D eigenvalue weighted by Crippen LogP contribution is -2.27. The van der Waals surface area contributed by atoms with Crippen molar-refractivity contribution in [3.8, 4) is 0 Å². The molecule has 2 unspecified atom stereocenters. The molecule has 1 N–H and O–H groups in total. The average Bonchev–Trinajstić information content (AvgIpc) is 2.22. The van der Waals surface area contributed by atoms with Gasteiger partial charge in [0.05, 0.1) is 6.61 Å². The van der Waals surface area contributed by atoms with Crippen LogP contribution >= 0.6 is 0 Å². The van der Waals surface area contributed by atoms with E-state index in [4.69, 9.17) is 4.74 Å². The van der Waals surface area contributed by atoms with Crippen LogP contribution in [0.25, 0.3) is 0 Å². The first kappa shape index (κ1) is 15.3. The fraction of sp³-hybridized carbons (Fsp3) is 0.727. The van der Waals surface area contributed by atoms with Crippen molar-refractivity contribution in [2.75, 3.05) is 25.2 Å². The molecule has 0 amide bonds. The van der Waals surface area contributed by atoms with E-state index >= 15 is 0 Å². The SMILES string of the molecule is CCOC(=O)/C=C/CNC(C)CCS(C)=O. The number of esters is 1. The zero-order valence-corrected chi connectivity index (χ0v) is 11.0. The normalized spacial score (nSPS) is 14.9. The average molecular weight is 247 g/mol. The summed E-state index contributed by atoms with van der Waals surface area (Å²) in [6.45, 7) is 4.83. The minimum atomic E-state index is -0.736. The van der Waals surface area contributed by atoms with Crippen LogP contribution in [0.2, 0.25) is 0 Å². The Kier molecular flexibility index (Phi) is 9.13. The highest BCUT2D eigenvalue weighted by Gasteiger charge is 2.01. The summed E-state index contributed by atoms with van der Waals surface area (Å²) in [5.41, 5.74) is 0. The first-order valence-electron chi connectivity index (χ1n) is 5.43. The van der Waals surface area contributed by atoms with E-state index in [1.165, 1.54) is 6.08 Å². The molecule has 0 bridgehead atoms. The second-order valence-corrected chi connectivity index (χ2v) is 5.08. The summed E-state index contributed by atoms with van der Waals surface area (Å²) in [6.07, 6.45) is 5.72. The summed E-state index contributed by atoms with van der Waals surface area (Å²) in [6, 6.07) is 0.302. The predicted molar refractivity (Wildman–Crippen MR) is 66.8 cm³/mol. The lowest BCUT2D eigenvalue weighted by atomic mass is 10.2. The van der Waals surface area contributed by atoms with Gasteiger partial charge in [-0.1, -0.05) is 6.08 Å². The van der Waals surface area contributed by atoms with E-state index < -0.39 is 10.8 Å². The quantitative estimate of drug-likeness (QED) is 0.510. The fourth-order valence-corrected chi connectivity index (χ4v) is 1.75. The third-order valence-corrected chi connectivity index (χ3v) is 2.77. The molecule has 0 spiro atoms. The van der Waals surface area contributed by atoms with Crippen LogP contribution in [0.5, 0.6) is 0 Å². The van der Waals surface area contributed by atoms with Gasteiger partial charge in [-0.2, -0.15) is 0 Å². The van der Waals surface area contributed by atoms with Crippen molar-refractivity contribution in [2.24, 2.45) is 0 Å². The maximum absolute atomic E-state index is 10.9. The van der Waals surface area contributed by atoms with Crippen molar-refractivity contribution in [1.29, 1.82) is 0 Å². The van der Waals surface area contributed by atoms with Gasteiger partial charge in [0.1, 0.15) is 0 Å². The van der Waals surface area contributed by atoms with Crippen molar-refractivity contribution in [1.82, 2.24) is 5.32 Å². The van der Waals surface area contributed by atoms with Gasteiger partial charge in [0.25, 0.3) is 0 Å². The second-order valence-electron chi connectivity index (χ2n) is 3.53. The van der Waals surface area contributed by atoms with Gasteiger partial charge in [0, 0.05) is 41.5 Å². The van der Waals surface area contributed by atoms with E-state index in [1.54, 1.807) is 19.3 Å². The Balaban J connectivity index is 3.56. The molecule has 0 radical (unpaired) electrons. The molecule has 94 valence electrons. The number of nitrogens with one attached hydrogen (secondary N) is 1. The minimum absolute atomic E-state index is 0.302. The van der Waals surface area contributed by atoms with Gasteiger partial charge < -0.3 is 10.1 Å². The van der Waals surface area contributed by atoms with Gasteiger partial charge in [-0.05, 0) is 20.3 Å². The second kappa shape index (κ2) is 9.54. The number of carbonyl (C=O) groups is 1. The van der Waals surface area contributed by atoms with Crippen molar-refractivity contribution in [3.63, 3.8) is 0 Å². The summed E-state index contributed by atoms with van der Waals surface area (Å²) in [5.74, 6) is 0.391. The Bertz CT molecular complexity index is 254. The summed E-state index contributed by atoms with van der Waals surface area (Å²) in [5, 5.41) is 3.21. The molecule has 0 fully saturated rings. The smallest absolute Gasteiger partial charge is 0.330 e. The minimum Gasteiger partial charge on any atom is -0.463 e. The molecule has 0 aromatic heterocycles. The zero-order valence-electron chi connectivity index (χ0n) is 10.2. The highest BCUT2D eigenvalue weighted by molar-refractivity contribution is 7.84. The molecule has 0 saturated heterocycles. The summed E-state index contributed by atoms with van der Waals surface area (Å²) in [7, 11) is -0.736. The first-order valence-corrected chi connectivity index (χ1v) is 7.15. The molecule has 5 heteroatoms. The Morgan fingerprint density at radius 2 is 2.25 bits per heavy atom. The van der Waals surface area contributed by atoms with Crippen LogP contribution in [0.15, 0.2) is 12.2 Å². The Morgan fingerprint density at radius 1 is 1.56 bits per heavy atom. The van der Waals surface area contributed by atoms with Gasteiger partial charge in [-0.25, -0.2) is 4.79 Å². The van der Waals surface area contributed by atoms with Gasteiger partial charge in [-0.3, -0.25) is 4.21 Å². The van der Waals surface area contributed by atoms with Crippen LogP contribution in [-0.4, -0.2) is 41.4 Å². The molecule has 4 nitrogen and oxygen atoms in total. The van der Waals surface area contributed by atoms with Crippen LogP contribution < -0.4 is 5.32 Å². The van der Waals surface area contributed by atoms with Crippen LogP contribution in [0.1, 0.15) is 20.3 Å². The molecule has 16 heavy (non-hydrogen) atoms. The first-order chi connectivity index (χ1) is 7.56. The topological polar surface area (TPSA) is 55.4 Å². The van der Waals surface area contributed by atoms with Crippen LogP contribution in [0, 0.1) is 0 Å². The summed E-state index contributed by atoms with van der Waals surface area (Å²) < 4.78 is 15.6. The maximum Gasteiger partial charge on any atom is 0.330 e. The van der Waals surface area contributed by atoms with Crippen molar-refractivity contribution < 1.29 is 13.7 Å². The highest BCUT2D eigenvalue weighted by atomic mass is 32.2. The number of hydrogen-bond acceptors (Lipinski definition) is 4. The summed E-state index contributed by atoms with van der Waals surface area (Å²) >= 11 is 0. The zero-order chi connectivity index (χ0) is 12.4. The molecule has 0 aromatic rings. The molecule has 0 aliphatic carbocycles. The van der Waals surface area contributed by atoms with E-state index in [9.17, 15) is 9.00 Å². The number of ether oxygens (including phenoxy) is 1. The van der Waals surface area contributed by atoms with E-state index in [2.05, 4.69) is 5.32 Å². The third-order valence-electron chi connectivity index (χ3n) is 1.96. The molecule has 2 atom stereocenters. The molecular formula is C11H21NO3S. The maximum atomic E-state index is 10.9.